The van der Waals surface area contributed by atoms with Gasteiger partial charge in [0.05, 0.1) is 23.1 Å². The summed E-state index contributed by atoms with van der Waals surface area (Å²) in [6.45, 7) is 8.18. The van der Waals surface area contributed by atoms with E-state index in [-0.39, 0.29) is 11.8 Å². The molecule has 33 heavy (non-hydrogen) atoms. The molecule has 4 rings (SSSR count). The van der Waals surface area contributed by atoms with Crippen molar-refractivity contribution in [1.82, 2.24) is 4.90 Å². The van der Waals surface area contributed by atoms with Crippen LogP contribution in [0.2, 0.25) is 0 Å². The van der Waals surface area contributed by atoms with Crippen LogP contribution >= 0.6 is 11.3 Å². The molecule has 172 valence electrons. The normalized spacial score (nSPS) is 13.6. The summed E-state index contributed by atoms with van der Waals surface area (Å²) in [5, 5.41) is 4.06. The van der Waals surface area contributed by atoms with Gasteiger partial charge in [-0.15, -0.1) is 11.3 Å². The Morgan fingerprint density at radius 1 is 1.00 bits per heavy atom. The molecular formula is C26H29N3O3S. The van der Waals surface area contributed by atoms with Crippen LogP contribution < -0.4 is 10.2 Å². The van der Waals surface area contributed by atoms with E-state index in [1.54, 1.807) is 23.1 Å². The molecule has 2 amide bonds. The third-order valence-electron chi connectivity index (χ3n) is 5.74. The Morgan fingerprint density at radius 2 is 1.73 bits per heavy atom. The Balaban J connectivity index is 1.59. The number of amides is 2. The van der Waals surface area contributed by atoms with E-state index in [9.17, 15) is 9.59 Å². The van der Waals surface area contributed by atoms with E-state index in [1.807, 2.05) is 44.2 Å². The van der Waals surface area contributed by atoms with Gasteiger partial charge in [-0.25, -0.2) is 0 Å². The van der Waals surface area contributed by atoms with Crippen LogP contribution in [0.5, 0.6) is 0 Å². The SMILES string of the molecule is CCN(CC)C(=O)c1cccc(NC(=O)c2cc(-c3ccccc3)c(N3CCOCC3)s2)c1. The van der Waals surface area contributed by atoms with E-state index in [0.29, 0.717) is 42.4 Å². The maximum Gasteiger partial charge on any atom is 0.265 e. The van der Waals surface area contributed by atoms with E-state index in [0.717, 1.165) is 29.2 Å². The number of nitrogens with one attached hydrogen (secondary N) is 1. The average molecular weight is 464 g/mol. The molecule has 1 aromatic heterocycles. The van der Waals surface area contributed by atoms with Gasteiger partial charge in [0.25, 0.3) is 11.8 Å². The van der Waals surface area contributed by atoms with E-state index in [1.165, 1.54) is 11.3 Å². The van der Waals surface area contributed by atoms with Crippen molar-refractivity contribution in [3.63, 3.8) is 0 Å². The summed E-state index contributed by atoms with van der Waals surface area (Å²) < 4.78 is 5.52. The first-order chi connectivity index (χ1) is 16.1. The number of nitrogens with zero attached hydrogens (tertiary/aromatic N) is 2. The molecule has 0 spiro atoms. The zero-order valence-electron chi connectivity index (χ0n) is 19.0. The largest absolute Gasteiger partial charge is 0.378 e. The van der Waals surface area contributed by atoms with Crippen molar-refractivity contribution in [2.24, 2.45) is 0 Å². The zero-order valence-corrected chi connectivity index (χ0v) is 19.9. The van der Waals surface area contributed by atoms with Crippen LogP contribution in [-0.2, 0) is 4.74 Å². The Labute approximate surface area is 198 Å². The number of morpholine rings is 1. The summed E-state index contributed by atoms with van der Waals surface area (Å²) >= 11 is 1.49. The molecular weight excluding hydrogens is 434 g/mol. The first-order valence-corrected chi connectivity index (χ1v) is 12.1. The molecule has 3 aromatic rings. The van der Waals surface area contributed by atoms with Crippen LogP contribution in [-0.4, -0.2) is 56.1 Å². The molecule has 1 saturated heterocycles. The molecule has 7 heteroatoms. The number of rotatable bonds is 7. The first-order valence-electron chi connectivity index (χ1n) is 11.3. The zero-order chi connectivity index (χ0) is 23.2. The van der Waals surface area contributed by atoms with Crippen LogP contribution in [0, 0.1) is 0 Å². The Morgan fingerprint density at radius 3 is 2.42 bits per heavy atom. The van der Waals surface area contributed by atoms with Crippen molar-refractivity contribution < 1.29 is 14.3 Å². The van der Waals surface area contributed by atoms with Gasteiger partial charge in [-0.05, 0) is 43.7 Å². The number of hydrogen-bond acceptors (Lipinski definition) is 5. The van der Waals surface area contributed by atoms with Gasteiger partial charge in [-0.3, -0.25) is 9.59 Å². The number of anilines is 2. The molecule has 0 radical (unpaired) electrons. The van der Waals surface area contributed by atoms with E-state index in [4.69, 9.17) is 4.74 Å². The van der Waals surface area contributed by atoms with Crippen molar-refractivity contribution in [3.8, 4) is 11.1 Å². The second-order valence-electron chi connectivity index (χ2n) is 7.81. The second kappa shape index (κ2) is 10.6. The number of ether oxygens (including phenoxy) is 1. The highest BCUT2D eigenvalue weighted by Crippen LogP contribution is 2.39. The number of carbonyl (C=O) groups excluding carboxylic acids is 2. The molecule has 2 aromatic carbocycles. The smallest absolute Gasteiger partial charge is 0.265 e. The molecule has 0 unspecified atom stereocenters. The highest BCUT2D eigenvalue weighted by Gasteiger charge is 2.22. The number of hydrogen-bond donors (Lipinski definition) is 1. The third-order valence-corrected chi connectivity index (χ3v) is 6.93. The Hall–Kier alpha value is -3.16. The van der Waals surface area contributed by atoms with Crippen molar-refractivity contribution in [3.05, 3.63) is 71.1 Å². The molecule has 6 nitrogen and oxygen atoms in total. The lowest BCUT2D eigenvalue weighted by atomic mass is 10.1. The van der Waals surface area contributed by atoms with Crippen molar-refractivity contribution >= 4 is 33.8 Å². The lowest BCUT2D eigenvalue weighted by Crippen LogP contribution is -2.35. The van der Waals surface area contributed by atoms with Gasteiger partial charge in [0.1, 0.15) is 0 Å². The summed E-state index contributed by atoms with van der Waals surface area (Å²) in [5.74, 6) is -0.211. The molecule has 1 N–H and O–H groups in total. The van der Waals surface area contributed by atoms with E-state index >= 15 is 0 Å². The van der Waals surface area contributed by atoms with Gasteiger partial charge in [0.2, 0.25) is 0 Å². The lowest BCUT2D eigenvalue weighted by Gasteiger charge is -2.28. The molecule has 0 atom stereocenters. The molecule has 1 aliphatic heterocycles. The fourth-order valence-corrected chi connectivity index (χ4v) is 5.06. The summed E-state index contributed by atoms with van der Waals surface area (Å²) in [6.07, 6.45) is 0. The quantitative estimate of drug-likeness (QED) is 0.536. The maximum absolute atomic E-state index is 13.2. The fourth-order valence-electron chi connectivity index (χ4n) is 3.94. The highest BCUT2D eigenvalue weighted by molar-refractivity contribution is 7.18. The molecule has 0 saturated carbocycles. The lowest BCUT2D eigenvalue weighted by molar-refractivity contribution is 0.0772. The van der Waals surface area contributed by atoms with Gasteiger partial charge < -0.3 is 19.9 Å². The third kappa shape index (κ3) is 5.26. The minimum absolute atomic E-state index is 0.0341. The summed E-state index contributed by atoms with van der Waals surface area (Å²) in [5.41, 5.74) is 3.32. The predicted octanol–water partition coefficient (Wildman–Crippen LogP) is 4.99. The van der Waals surface area contributed by atoms with Gasteiger partial charge in [-0.1, -0.05) is 36.4 Å². The molecule has 2 heterocycles. The van der Waals surface area contributed by atoms with Crippen LogP contribution in [0.3, 0.4) is 0 Å². The minimum atomic E-state index is -0.177. The summed E-state index contributed by atoms with van der Waals surface area (Å²) in [4.78, 5) is 30.6. The molecule has 0 bridgehead atoms. The summed E-state index contributed by atoms with van der Waals surface area (Å²) in [7, 11) is 0. The Kier molecular flexibility index (Phi) is 7.42. The summed E-state index contributed by atoms with van der Waals surface area (Å²) in [6, 6.07) is 19.2. The number of benzene rings is 2. The molecule has 1 aliphatic rings. The minimum Gasteiger partial charge on any atom is -0.378 e. The van der Waals surface area contributed by atoms with Crippen LogP contribution in [0.25, 0.3) is 11.1 Å². The predicted molar refractivity (Wildman–Crippen MR) is 134 cm³/mol. The standard InChI is InChI=1S/C26H29N3O3S/c1-3-28(4-2)25(31)20-11-8-12-21(17-20)27-24(30)23-18-22(19-9-6-5-7-10-19)26(33-23)29-13-15-32-16-14-29/h5-12,17-18H,3-4,13-16H2,1-2H3,(H,27,30). The van der Waals surface area contributed by atoms with Crippen LogP contribution in [0.15, 0.2) is 60.7 Å². The number of thiophene rings is 1. The van der Waals surface area contributed by atoms with Gasteiger partial charge >= 0.3 is 0 Å². The number of carbonyl (C=O) groups is 2. The van der Waals surface area contributed by atoms with Crippen molar-refractivity contribution in [2.75, 3.05) is 49.6 Å². The average Bonchev–Trinajstić information content (AvgIpc) is 3.32. The van der Waals surface area contributed by atoms with Crippen molar-refractivity contribution in [2.45, 2.75) is 13.8 Å². The van der Waals surface area contributed by atoms with Gasteiger partial charge in [-0.2, -0.15) is 0 Å². The van der Waals surface area contributed by atoms with Gasteiger partial charge in [0.15, 0.2) is 0 Å². The van der Waals surface area contributed by atoms with Gasteiger partial charge in [0, 0.05) is 43.0 Å². The van der Waals surface area contributed by atoms with E-state index in [2.05, 4.69) is 22.3 Å². The van der Waals surface area contributed by atoms with E-state index < -0.39 is 0 Å². The van der Waals surface area contributed by atoms with Crippen LogP contribution in [0.1, 0.15) is 33.9 Å². The second-order valence-corrected chi connectivity index (χ2v) is 8.84. The first kappa shape index (κ1) is 23.0. The topological polar surface area (TPSA) is 61.9 Å². The fraction of sp³-hybridized carbons (Fsp3) is 0.308. The van der Waals surface area contributed by atoms with Crippen LogP contribution in [0.4, 0.5) is 10.7 Å². The van der Waals surface area contributed by atoms with Crippen molar-refractivity contribution in [1.29, 1.82) is 0 Å². The molecule has 0 aliphatic carbocycles. The maximum atomic E-state index is 13.2. The Bertz CT molecular complexity index is 1100. The molecule has 1 fully saturated rings. The monoisotopic (exact) mass is 463 g/mol. The highest BCUT2D eigenvalue weighted by atomic mass is 32.1.